The van der Waals surface area contributed by atoms with Gasteiger partial charge in [-0.1, -0.05) is 42.5 Å². The fourth-order valence-corrected chi connectivity index (χ4v) is 5.06. The van der Waals surface area contributed by atoms with E-state index in [4.69, 9.17) is 0 Å². The lowest BCUT2D eigenvalue weighted by Gasteiger charge is -2.23. The molecule has 1 aliphatic heterocycles. The summed E-state index contributed by atoms with van der Waals surface area (Å²) in [5.74, 6) is -0.158. The molecule has 0 radical (unpaired) electrons. The first-order chi connectivity index (χ1) is 12.6. The number of nitrogens with zero attached hydrogens (tertiary/aromatic N) is 1. The molecule has 2 aromatic rings. The van der Waals surface area contributed by atoms with E-state index >= 15 is 0 Å². The molecule has 0 aromatic heterocycles. The summed E-state index contributed by atoms with van der Waals surface area (Å²) >= 11 is 0. The molecule has 136 valence electrons. The van der Waals surface area contributed by atoms with Crippen molar-refractivity contribution in [1.82, 2.24) is 9.62 Å². The second-order valence-electron chi connectivity index (χ2n) is 6.95. The molecule has 1 N–H and O–H groups in total. The van der Waals surface area contributed by atoms with Crippen molar-refractivity contribution < 1.29 is 13.2 Å². The molecule has 1 heterocycles. The van der Waals surface area contributed by atoms with Crippen LogP contribution >= 0.6 is 0 Å². The molecule has 1 saturated heterocycles. The van der Waals surface area contributed by atoms with Gasteiger partial charge in [0.2, 0.25) is 15.9 Å². The van der Waals surface area contributed by atoms with Gasteiger partial charge in [0, 0.05) is 12.6 Å². The van der Waals surface area contributed by atoms with Crippen LogP contribution in [0.3, 0.4) is 0 Å². The molecular weight excluding hydrogens is 348 g/mol. The molecule has 26 heavy (non-hydrogen) atoms. The highest BCUT2D eigenvalue weighted by Crippen LogP contribution is 2.29. The van der Waals surface area contributed by atoms with Crippen molar-refractivity contribution in [2.24, 2.45) is 0 Å². The molecule has 1 unspecified atom stereocenters. The predicted octanol–water partition coefficient (Wildman–Crippen LogP) is 2.79. The lowest BCUT2D eigenvalue weighted by atomic mass is 10.1. The first-order valence-electron chi connectivity index (χ1n) is 9.03. The van der Waals surface area contributed by atoms with E-state index < -0.39 is 16.1 Å². The van der Waals surface area contributed by atoms with E-state index in [-0.39, 0.29) is 16.8 Å². The van der Waals surface area contributed by atoms with Crippen LogP contribution in [0.15, 0.2) is 59.5 Å². The van der Waals surface area contributed by atoms with Crippen LogP contribution in [-0.2, 0) is 14.8 Å². The van der Waals surface area contributed by atoms with Crippen LogP contribution in [0.2, 0.25) is 0 Å². The van der Waals surface area contributed by atoms with Gasteiger partial charge in [0.1, 0.15) is 6.04 Å². The molecule has 1 atom stereocenters. The number of rotatable bonds is 5. The van der Waals surface area contributed by atoms with Gasteiger partial charge in [-0.2, -0.15) is 4.31 Å². The molecule has 0 spiro atoms. The van der Waals surface area contributed by atoms with Gasteiger partial charge < -0.3 is 5.32 Å². The third kappa shape index (κ3) is 3.39. The summed E-state index contributed by atoms with van der Waals surface area (Å²) in [6.07, 6.45) is 3.28. The summed E-state index contributed by atoms with van der Waals surface area (Å²) in [6.45, 7) is 0.394. The quantitative estimate of drug-likeness (QED) is 0.880. The summed E-state index contributed by atoms with van der Waals surface area (Å²) in [4.78, 5) is 12.6. The fourth-order valence-electron chi connectivity index (χ4n) is 3.40. The summed E-state index contributed by atoms with van der Waals surface area (Å²) < 4.78 is 27.5. The maximum absolute atomic E-state index is 13.0. The zero-order valence-electron chi connectivity index (χ0n) is 14.5. The molecule has 4 rings (SSSR count). The van der Waals surface area contributed by atoms with E-state index in [9.17, 15) is 13.2 Å². The van der Waals surface area contributed by atoms with Crippen molar-refractivity contribution in [3.63, 3.8) is 0 Å². The SMILES string of the molecule is O=C(NC1CC1)C1CCCN1S(=O)(=O)c1ccc(-c2ccccc2)cc1. The zero-order chi connectivity index (χ0) is 18.1. The first-order valence-corrected chi connectivity index (χ1v) is 10.5. The highest BCUT2D eigenvalue weighted by molar-refractivity contribution is 7.89. The van der Waals surface area contributed by atoms with Crippen molar-refractivity contribution in [3.05, 3.63) is 54.6 Å². The Hall–Kier alpha value is -2.18. The van der Waals surface area contributed by atoms with E-state index in [1.807, 2.05) is 42.5 Å². The standard InChI is InChI=1S/C20H22N2O3S/c23-20(21-17-10-11-17)19-7-4-14-22(19)26(24,25)18-12-8-16(9-13-18)15-5-2-1-3-6-15/h1-3,5-6,8-9,12-13,17,19H,4,7,10-11,14H2,(H,21,23). The topological polar surface area (TPSA) is 66.5 Å². The largest absolute Gasteiger partial charge is 0.352 e. The smallest absolute Gasteiger partial charge is 0.243 e. The Bertz CT molecular complexity index is 890. The van der Waals surface area contributed by atoms with Crippen LogP contribution < -0.4 is 5.32 Å². The number of carbonyl (C=O) groups excluding carboxylic acids is 1. The van der Waals surface area contributed by atoms with E-state index in [2.05, 4.69) is 5.32 Å². The highest BCUT2D eigenvalue weighted by atomic mass is 32.2. The minimum absolute atomic E-state index is 0.158. The normalized spacial score (nSPS) is 20.8. The van der Waals surface area contributed by atoms with Gasteiger partial charge in [-0.3, -0.25) is 4.79 Å². The lowest BCUT2D eigenvalue weighted by Crippen LogP contribution is -2.46. The maximum Gasteiger partial charge on any atom is 0.243 e. The number of sulfonamides is 1. The molecular formula is C20H22N2O3S. The first kappa shape index (κ1) is 17.2. The summed E-state index contributed by atoms with van der Waals surface area (Å²) in [7, 11) is -3.67. The predicted molar refractivity (Wildman–Crippen MR) is 100.0 cm³/mol. The maximum atomic E-state index is 13.0. The zero-order valence-corrected chi connectivity index (χ0v) is 15.3. The number of nitrogens with one attached hydrogen (secondary N) is 1. The monoisotopic (exact) mass is 370 g/mol. The van der Waals surface area contributed by atoms with Gasteiger partial charge in [0.15, 0.2) is 0 Å². The molecule has 1 saturated carbocycles. The molecule has 5 nitrogen and oxygen atoms in total. The van der Waals surface area contributed by atoms with Crippen LogP contribution in [-0.4, -0.2) is 37.3 Å². The van der Waals surface area contributed by atoms with Crippen LogP contribution in [0, 0.1) is 0 Å². The van der Waals surface area contributed by atoms with Gasteiger partial charge in [0.25, 0.3) is 0 Å². The van der Waals surface area contributed by atoms with E-state index in [1.165, 1.54) is 4.31 Å². The molecule has 1 amide bonds. The van der Waals surface area contributed by atoms with Crippen LogP contribution in [0.1, 0.15) is 25.7 Å². The van der Waals surface area contributed by atoms with E-state index in [0.29, 0.717) is 19.4 Å². The minimum Gasteiger partial charge on any atom is -0.352 e. The summed E-state index contributed by atoms with van der Waals surface area (Å²) in [6, 6.07) is 16.4. The van der Waals surface area contributed by atoms with Crippen LogP contribution in [0.4, 0.5) is 0 Å². The Morgan fingerprint density at radius 2 is 1.58 bits per heavy atom. The summed E-state index contributed by atoms with van der Waals surface area (Å²) in [5, 5.41) is 2.93. The molecule has 2 fully saturated rings. The molecule has 6 heteroatoms. The van der Waals surface area contributed by atoms with E-state index in [0.717, 1.165) is 24.0 Å². The van der Waals surface area contributed by atoms with Gasteiger partial charge in [-0.25, -0.2) is 8.42 Å². The second kappa shape index (κ2) is 6.85. The number of benzene rings is 2. The van der Waals surface area contributed by atoms with Crippen LogP contribution in [0.25, 0.3) is 11.1 Å². The van der Waals surface area contributed by atoms with Crippen LogP contribution in [0.5, 0.6) is 0 Å². The average Bonchev–Trinajstić information content (AvgIpc) is 3.33. The van der Waals surface area contributed by atoms with Gasteiger partial charge in [-0.05, 0) is 48.9 Å². The molecule has 1 aliphatic carbocycles. The molecule has 0 bridgehead atoms. The third-order valence-electron chi connectivity index (χ3n) is 5.00. The van der Waals surface area contributed by atoms with Crippen molar-refractivity contribution in [2.45, 2.75) is 42.7 Å². The van der Waals surface area contributed by atoms with Gasteiger partial charge in [-0.15, -0.1) is 0 Å². The van der Waals surface area contributed by atoms with Gasteiger partial charge in [0.05, 0.1) is 4.90 Å². The second-order valence-corrected chi connectivity index (χ2v) is 8.84. The third-order valence-corrected chi connectivity index (χ3v) is 6.92. The number of amides is 1. The van der Waals surface area contributed by atoms with Crippen molar-refractivity contribution in [2.75, 3.05) is 6.54 Å². The highest BCUT2D eigenvalue weighted by Gasteiger charge is 2.40. The lowest BCUT2D eigenvalue weighted by molar-refractivity contribution is -0.124. The Morgan fingerprint density at radius 1 is 0.923 bits per heavy atom. The molecule has 2 aliphatic rings. The Balaban J connectivity index is 1.56. The Labute approximate surface area is 154 Å². The summed E-state index contributed by atoms with van der Waals surface area (Å²) in [5.41, 5.74) is 2.01. The number of hydrogen-bond acceptors (Lipinski definition) is 3. The van der Waals surface area contributed by atoms with Gasteiger partial charge >= 0.3 is 0 Å². The fraction of sp³-hybridized carbons (Fsp3) is 0.350. The molecule has 2 aromatic carbocycles. The number of hydrogen-bond donors (Lipinski definition) is 1. The van der Waals surface area contributed by atoms with Crippen molar-refractivity contribution in [3.8, 4) is 11.1 Å². The van der Waals surface area contributed by atoms with Crippen molar-refractivity contribution >= 4 is 15.9 Å². The van der Waals surface area contributed by atoms with Crippen molar-refractivity contribution in [1.29, 1.82) is 0 Å². The number of carbonyl (C=O) groups is 1. The Morgan fingerprint density at radius 3 is 2.23 bits per heavy atom. The minimum atomic E-state index is -3.67. The Kier molecular flexibility index (Phi) is 4.54. The average molecular weight is 370 g/mol. The van der Waals surface area contributed by atoms with E-state index in [1.54, 1.807) is 12.1 Å².